The fourth-order valence-corrected chi connectivity index (χ4v) is 1.41. The minimum atomic E-state index is 0.831. The zero-order valence-corrected chi connectivity index (χ0v) is 9.74. The standard InChI is InChI=1S/C11H11NO.C2H6/c1-8-6-9-4-3-5-10(13-2)11(9)12-7-8;1-2/h3-7H,1-2H3;1-2H3. The van der Waals surface area contributed by atoms with Crippen LogP contribution in [0.15, 0.2) is 30.5 Å². The van der Waals surface area contributed by atoms with Gasteiger partial charge < -0.3 is 4.74 Å². The molecule has 0 unspecified atom stereocenters. The molecule has 0 N–H and O–H groups in total. The lowest BCUT2D eigenvalue weighted by Crippen LogP contribution is -1.87. The topological polar surface area (TPSA) is 22.1 Å². The number of ether oxygens (including phenoxy) is 1. The van der Waals surface area contributed by atoms with Gasteiger partial charge >= 0.3 is 0 Å². The number of para-hydroxylation sites is 1. The maximum Gasteiger partial charge on any atom is 0.145 e. The molecular weight excluding hydrogens is 186 g/mol. The molecule has 0 radical (unpaired) electrons. The molecule has 1 aromatic heterocycles. The van der Waals surface area contributed by atoms with Gasteiger partial charge in [-0.3, -0.25) is 4.98 Å². The lowest BCUT2D eigenvalue weighted by molar-refractivity contribution is 0.419. The molecule has 0 bridgehead atoms. The van der Waals surface area contributed by atoms with Gasteiger partial charge in [-0.2, -0.15) is 0 Å². The van der Waals surface area contributed by atoms with Crippen LogP contribution in [0.2, 0.25) is 0 Å². The van der Waals surface area contributed by atoms with Gasteiger partial charge in [0, 0.05) is 11.6 Å². The third-order valence-electron chi connectivity index (χ3n) is 2.03. The molecule has 15 heavy (non-hydrogen) atoms. The van der Waals surface area contributed by atoms with E-state index < -0.39 is 0 Å². The predicted molar refractivity (Wildman–Crippen MR) is 64.4 cm³/mol. The summed E-state index contributed by atoms with van der Waals surface area (Å²) in [6, 6.07) is 8.04. The van der Waals surface area contributed by atoms with Crippen LogP contribution in [0.3, 0.4) is 0 Å². The lowest BCUT2D eigenvalue weighted by atomic mass is 10.1. The highest BCUT2D eigenvalue weighted by atomic mass is 16.5. The molecule has 0 saturated carbocycles. The highest BCUT2D eigenvalue weighted by molar-refractivity contribution is 5.84. The molecule has 80 valence electrons. The van der Waals surface area contributed by atoms with E-state index in [2.05, 4.69) is 11.1 Å². The van der Waals surface area contributed by atoms with Crippen molar-refractivity contribution in [2.45, 2.75) is 20.8 Å². The summed E-state index contributed by atoms with van der Waals surface area (Å²) in [4.78, 5) is 4.33. The highest BCUT2D eigenvalue weighted by Crippen LogP contribution is 2.23. The van der Waals surface area contributed by atoms with E-state index in [1.165, 1.54) is 5.56 Å². The number of aromatic nitrogens is 1. The van der Waals surface area contributed by atoms with Crippen molar-refractivity contribution in [2.24, 2.45) is 0 Å². The van der Waals surface area contributed by atoms with Gasteiger partial charge in [0.05, 0.1) is 7.11 Å². The summed E-state index contributed by atoms with van der Waals surface area (Å²) in [5.41, 5.74) is 2.09. The van der Waals surface area contributed by atoms with Gasteiger partial charge in [-0.05, 0) is 24.6 Å². The van der Waals surface area contributed by atoms with Gasteiger partial charge in [0.25, 0.3) is 0 Å². The van der Waals surface area contributed by atoms with Gasteiger partial charge in [0.1, 0.15) is 11.3 Å². The van der Waals surface area contributed by atoms with Crippen molar-refractivity contribution in [3.8, 4) is 5.75 Å². The largest absolute Gasteiger partial charge is 0.494 e. The first-order valence-corrected chi connectivity index (χ1v) is 5.20. The average molecular weight is 203 g/mol. The first-order chi connectivity index (χ1) is 7.31. The van der Waals surface area contributed by atoms with Gasteiger partial charge in [-0.25, -0.2) is 0 Å². The molecule has 0 atom stereocenters. The van der Waals surface area contributed by atoms with Crippen LogP contribution in [-0.4, -0.2) is 12.1 Å². The first kappa shape index (κ1) is 11.5. The Morgan fingerprint density at radius 3 is 2.60 bits per heavy atom. The van der Waals surface area contributed by atoms with E-state index in [0.717, 1.165) is 16.7 Å². The number of aryl methyl sites for hydroxylation is 1. The fraction of sp³-hybridized carbons (Fsp3) is 0.308. The van der Waals surface area contributed by atoms with Crippen molar-refractivity contribution in [1.29, 1.82) is 0 Å². The van der Waals surface area contributed by atoms with Crippen molar-refractivity contribution >= 4 is 10.9 Å². The number of benzene rings is 1. The minimum absolute atomic E-state index is 0.831. The summed E-state index contributed by atoms with van der Waals surface area (Å²) < 4.78 is 5.20. The maximum atomic E-state index is 5.20. The third kappa shape index (κ3) is 2.46. The molecular formula is C13H17NO. The van der Waals surface area contributed by atoms with Crippen molar-refractivity contribution in [1.82, 2.24) is 4.98 Å². The highest BCUT2D eigenvalue weighted by Gasteiger charge is 2.00. The summed E-state index contributed by atoms with van der Waals surface area (Å²) in [5, 5.41) is 1.12. The Morgan fingerprint density at radius 2 is 1.93 bits per heavy atom. The number of methoxy groups -OCH3 is 1. The average Bonchev–Trinajstić information content (AvgIpc) is 2.30. The zero-order chi connectivity index (χ0) is 11.3. The summed E-state index contributed by atoms with van der Waals surface area (Å²) in [6.07, 6.45) is 1.85. The molecule has 0 aliphatic rings. The van der Waals surface area contributed by atoms with Gasteiger partial charge in [0.2, 0.25) is 0 Å². The Labute approximate surface area is 90.9 Å². The Hall–Kier alpha value is -1.57. The van der Waals surface area contributed by atoms with Crippen LogP contribution in [0.5, 0.6) is 5.75 Å². The molecule has 1 aromatic carbocycles. The Bertz CT molecular complexity index is 437. The second-order valence-electron chi connectivity index (χ2n) is 3.04. The third-order valence-corrected chi connectivity index (χ3v) is 2.03. The first-order valence-electron chi connectivity index (χ1n) is 5.20. The van der Waals surface area contributed by atoms with Gasteiger partial charge in [0.15, 0.2) is 0 Å². The molecule has 0 aliphatic heterocycles. The predicted octanol–water partition coefficient (Wildman–Crippen LogP) is 3.58. The molecule has 1 heterocycles. The van der Waals surface area contributed by atoms with Crippen LogP contribution in [0.25, 0.3) is 10.9 Å². The van der Waals surface area contributed by atoms with Gasteiger partial charge in [-0.15, -0.1) is 0 Å². The molecule has 0 saturated heterocycles. The van der Waals surface area contributed by atoms with Crippen molar-refractivity contribution in [3.63, 3.8) is 0 Å². The van der Waals surface area contributed by atoms with E-state index in [-0.39, 0.29) is 0 Å². The SMILES string of the molecule is CC.COc1cccc2cc(C)cnc12. The van der Waals surface area contributed by atoms with Crippen molar-refractivity contribution in [3.05, 3.63) is 36.0 Å². The number of rotatable bonds is 1. The second kappa shape index (κ2) is 5.35. The van der Waals surface area contributed by atoms with Crippen LogP contribution in [0.1, 0.15) is 19.4 Å². The molecule has 2 nitrogen and oxygen atoms in total. The van der Waals surface area contributed by atoms with Crippen LogP contribution >= 0.6 is 0 Å². The number of hydrogen-bond donors (Lipinski definition) is 0. The normalized spacial score (nSPS) is 9.33. The lowest BCUT2D eigenvalue weighted by Gasteiger charge is -2.03. The van der Waals surface area contributed by atoms with Crippen LogP contribution < -0.4 is 4.74 Å². The monoisotopic (exact) mass is 203 g/mol. The molecule has 2 rings (SSSR count). The van der Waals surface area contributed by atoms with Crippen LogP contribution in [0.4, 0.5) is 0 Å². The molecule has 2 aromatic rings. The van der Waals surface area contributed by atoms with E-state index in [1.54, 1.807) is 7.11 Å². The molecule has 0 aliphatic carbocycles. The molecule has 2 heteroatoms. The number of hydrogen-bond acceptors (Lipinski definition) is 2. The Morgan fingerprint density at radius 1 is 1.20 bits per heavy atom. The van der Waals surface area contributed by atoms with E-state index in [1.807, 2.05) is 45.2 Å². The Balaban J connectivity index is 0.000000531. The maximum absolute atomic E-state index is 5.20. The summed E-state index contributed by atoms with van der Waals surface area (Å²) in [6.45, 7) is 6.03. The molecule has 0 spiro atoms. The summed E-state index contributed by atoms with van der Waals surface area (Å²) >= 11 is 0. The van der Waals surface area contributed by atoms with Gasteiger partial charge in [-0.1, -0.05) is 26.0 Å². The van der Waals surface area contributed by atoms with Crippen LogP contribution in [-0.2, 0) is 0 Å². The Kier molecular flexibility index (Phi) is 4.10. The summed E-state index contributed by atoms with van der Waals surface area (Å²) in [7, 11) is 1.66. The number of pyridine rings is 1. The second-order valence-corrected chi connectivity index (χ2v) is 3.04. The minimum Gasteiger partial charge on any atom is -0.494 e. The summed E-state index contributed by atoms with van der Waals surface area (Å²) in [5.74, 6) is 0.831. The van der Waals surface area contributed by atoms with Crippen molar-refractivity contribution in [2.75, 3.05) is 7.11 Å². The van der Waals surface area contributed by atoms with E-state index >= 15 is 0 Å². The molecule has 0 fully saturated rings. The quantitative estimate of drug-likeness (QED) is 0.706. The molecule has 0 amide bonds. The van der Waals surface area contributed by atoms with Crippen molar-refractivity contribution < 1.29 is 4.74 Å². The number of nitrogens with zero attached hydrogens (tertiary/aromatic N) is 1. The van der Waals surface area contributed by atoms with E-state index in [0.29, 0.717) is 0 Å². The van der Waals surface area contributed by atoms with Crippen LogP contribution in [0, 0.1) is 6.92 Å². The smallest absolute Gasteiger partial charge is 0.145 e. The van der Waals surface area contributed by atoms with E-state index in [4.69, 9.17) is 4.74 Å². The fourth-order valence-electron chi connectivity index (χ4n) is 1.41. The van der Waals surface area contributed by atoms with E-state index in [9.17, 15) is 0 Å². The zero-order valence-electron chi connectivity index (χ0n) is 9.74. The number of fused-ring (bicyclic) bond motifs is 1.